The minimum absolute atomic E-state index is 0.00640. The van der Waals surface area contributed by atoms with Gasteiger partial charge in [0.1, 0.15) is 0 Å². The van der Waals surface area contributed by atoms with Gasteiger partial charge in [0.15, 0.2) is 0 Å². The predicted octanol–water partition coefficient (Wildman–Crippen LogP) is 0.748. The quantitative estimate of drug-likeness (QED) is 0.674. The van der Waals surface area contributed by atoms with Crippen LogP contribution in [0.25, 0.3) is 0 Å². The number of amides is 2. The van der Waals surface area contributed by atoms with Gasteiger partial charge in [-0.3, -0.25) is 14.9 Å². The van der Waals surface area contributed by atoms with Gasteiger partial charge in [-0.25, -0.2) is 0 Å². The van der Waals surface area contributed by atoms with Crippen molar-refractivity contribution in [3.8, 4) is 0 Å². The van der Waals surface area contributed by atoms with Crippen LogP contribution in [0.1, 0.15) is 40.5 Å². The summed E-state index contributed by atoms with van der Waals surface area (Å²) in [6.07, 6.45) is 2.02. The zero-order valence-electron chi connectivity index (χ0n) is 12.2. The van der Waals surface area contributed by atoms with Crippen molar-refractivity contribution < 1.29 is 9.59 Å². The number of hydrogen-bond acceptors (Lipinski definition) is 3. The van der Waals surface area contributed by atoms with Crippen LogP contribution in [0.4, 0.5) is 0 Å². The summed E-state index contributed by atoms with van der Waals surface area (Å²) in [5.41, 5.74) is 0. The molecule has 2 atom stereocenters. The predicted molar refractivity (Wildman–Crippen MR) is 73.3 cm³/mol. The van der Waals surface area contributed by atoms with E-state index in [1.807, 2.05) is 13.8 Å². The molecule has 0 bridgehead atoms. The summed E-state index contributed by atoms with van der Waals surface area (Å²) in [7, 11) is 1.75. The van der Waals surface area contributed by atoms with E-state index in [0.29, 0.717) is 6.54 Å². The molecule has 2 N–H and O–H groups in total. The van der Waals surface area contributed by atoms with Gasteiger partial charge in [0.25, 0.3) is 0 Å². The molecule has 0 fully saturated rings. The first-order valence-corrected chi connectivity index (χ1v) is 6.70. The third kappa shape index (κ3) is 6.59. The maximum Gasteiger partial charge on any atom is 0.239 e. The Balaban J connectivity index is 3.94. The maximum absolute atomic E-state index is 11.7. The first-order chi connectivity index (χ1) is 8.42. The molecule has 0 heterocycles. The Kier molecular flexibility index (Phi) is 8.37. The Labute approximate surface area is 110 Å². The molecule has 106 valence electrons. The lowest BCUT2D eigenvalue weighted by Gasteiger charge is -2.21. The number of hydrogen-bond donors (Lipinski definition) is 2. The molecular weight excluding hydrogens is 230 g/mol. The highest BCUT2D eigenvalue weighted by Crippen LogP contribution is 1.94. The molecule has 0 spiro atoms. The second kappa shape index (κ2) is 8.91. The summed E-state index contributed by atoms with van der Waals surface area (Å²) < 4.78 is 0. The number of carbonyl (C=O) groups excluding carboxylic acids is 2. The number of carbonyl (C=O) groups is 2. The lowest BCUT2D eigenvalue weighted by molar-refractivity contribution is -0.131. The van der Waals surface area contributed by atoms with E-state index in [1.165, 1.54) is 0 Å². The second-order valence-electron chi connectivity index (χ2n) is 4.71. The largest absolute Gasteiger partial charge is 0.353 e. The summed E-state index contributed by atoms with van der Waals surface area (Å²) in [6, 6.07) is -0.143. The Morgan fingerprint density at radius 2 is 1.83 bits per heavy atom. The van der Waals surface area contributed by atoms with E-state index < -0.39 is 0 Å². The highest BCUT2D eigenvalue weighted by molar-refractivity contribution is 5.83. The molecule has 2 amide bonds. The van der Waals surface area contributed by atoms with Gasteiger partial charge in [-0.1, -0.05) is 13.3 Å². The van der Waals surface area contributed by atoms with E-state index in [1.54, 1.807) is 18.9 Å². The van der Waals surface area contributed by atoms with Crippen molar-refractivity contribution in [2.24, 2.45) is 0 Å². The normalized spacial score (nSPS) is 13.8. The third-order valence-corrected chi connectivity index (χ3v) is 2.92. The van der Waals surface area contributed by atoms with E-state index in [4.69, 9.17) is 0 Å². The van der Waals surface area contributed by atoms with Crippen LogP contribution in [-0.4, -0.2) is 48.9 Å². The van der Waals surface area contributed by atoms with Crippen molar-refractivity contribution in [3.63, 3.8) is 0 Å². The lowest BCUT2D eigenvalue weighted by Crippen LogP contribution is -2.47. The second-order valence-corrected chi connectivity index (χ2v) is 4.71. The molecule has 0 radical (unpaired) electrons. The van der Waals surface area contributed by atoms with Crippen molar-refractivity contribution in [2.45, 2.75) is 52.6 Å². The van der Waals surface area contributed by atoms with Crippen molar-refractivity contribution in [2.75, 3.05) is 20.1 Å². The van der Waals surface area contributed by atoms with Gasteiger partial charge in [0.05, 0.1) is 12.6 Å². The van der Waals surface area contributed by atoms with Crippen molar-refractivity contribution in [1.29, 1.82) is 0 Å². The SMILES string of the molecule is CCCC(C)NC(=O)CNC(C)C(=O)N(C)CC. The fraction of sp³-hybridized carbons (Fsp3) is 0.846. The molecule has 0 aliphatic carbocycles. The molecule has 5 heteroatoms. The topological polar surface area (TPSA) is 61.4 Å². The molecule has 0 aromatic carbocycles. The highest BCUT2D eigenvalue weighted by atomic mass is 16.2. The Bertz CT molecular complexity index is 269. The third-order valence-electron chi connectivity index (χ3n) is 2.92. The fourth-order valence-corrected chi connectivity index (χ4v) is 1.65. The Morgan fingerprint density at radius 3 is 2.33 bits per heavy atom. The number of likely N-dealkylation sites (N-methyl/N-ethyl adjacent to an activating group) is 1. The Hall–Kier alpha value is -1.10. The number of nitrogens with one attached hydrogen (secondary N) is 2. The van der Waals surface area contributed by atoms with Gasteiger partial charge in [0.2, 0.25) is 11.8 Å². The summed E-state index contributed by atoms with van der Waals surface area (Å²) in [5.74, 6) is -0.0540. The smallest absolute Gasteiger partial charge is 0.239 e. The van der Waals surface area contributed by atoms with Crippen LogP contribution >= 0.6 is 0 Å². The molecule has 0 rings (SSSR count). The molecule has 0 saturated heterocycles. The zero-order valence-corrected chi connectivity index (χ0v) is 12.2. The molecule has 0 aromatic heterocycles. The summed E-state index contributed by atoms with van der Waals surface area (Å²) in [5, 5.41) is 5.83. The summed E-state index contributed by atoms with van der Waals surface area (Å²) >= 11 is 0. The molecule has 5 nitrogen and oxygen atoms in total. The number of nitrogens with zero attached hydrogens (tertiary/aromatic N) is 1. The average molecular weight is 257 g/mol. The van der Waals surface area contributed by atoms with Gasteiger partial charge in [-0.05, 0) is 27.2 Å². The van der Waals surface area contributed by atoms with Crippen LogP contribution in [0.3, 0.4) is 0 Å². The van der Waals surface area contributed by atoms with E-state index in [0.717, 1.165) is 12.8 Å². The number of rotatable bonds is 8. The maximum atomic E-state index is 11.7. The van der Waals surface area contributed by atoms with Crippen LogP contribution < -0.4 is 10.6 Å². The first kappa shape index (κ1) is 16.9. The van der Waals surface area contributed by atoms with Gasteiger partial charge in [0, 0.05) is 19.6 Å². The molecule has 0 aliphatic heterocycles. The van der Waals surface area contributed by atoms with Crippen LogP contribution in [-0.2, 0) is 9.59 Å². The zero-order chi connectivity index (χ0) is 14.1. The molecule has 0 aromatic rings. The van der Waals surface area contributed by atoms with E-state index in [2.05, 4.69) is 17.6 Å². The van der Waals surface area contributed by atoms with Crippen molar-refractivity contribution >= 4 is 11.8 Å². The monoisotopic (exact) mass is 257 g/mol. The molecule has 2 unspecified atom stereocenters. The van der Waals surface area contributed by atoms with E-state index in [9.17, 15) is 9.59 Å². The first-order valence-electron chi connectivity index (χ1n) is 6.70. The summed E-state index contributed by atoms with van der Waals surface area (Å²) in [4.78, 5) is 25.0. The van der Waals surface area contributed by atoms with Crippen LogP contribution in [0.15, 0.2) is 0 Å². The fourth-order valence-electron chi connectivity index (χ4n) is 1.65. The van der Waals surface area contributed by atoms with Crippen LogP contribution in [0, 0.1) is 0 Å². The molecule has 0 aliphatic rings. The standard InChI is InChI=1S/C13H27N3O2/c1-6-8-10(3)15-12(17)9-14-11(4)13(18)16(5)7-2/h10-11,14H,6-9H2,1-5H3,(H,15,17). The highest BCUT2D eigenvalue weighted by Gasteiger charge is 2.16. The average Bonchev–Trinajstić information content (AvgIpc) is 2.34. The minimum atomic E-state index is -0.331. The van der Waals surface area contributed by atoms with Gasteiger partial charge in [-0.15, -0.1) is 0 Å². The van der Waals surface area contributed by atoms with Gasteiger partial charge < -0.3 is 10.2 Å². The Morgan fingerprint density at radius 1 is 1.22 bits per heavy atom. The minimum Gasteiger partial charge on any atom is -0.353 e. The van der Waals surface area contributed by atoms with Crippen LogP contribution in [0.5, 0.6) is 0 Å². The van der Waals surface area contributed by atoms with Gasteiger partial charge in [-0.2, -0.15) is 0 Å². The van der Waals surface area contributed by atoms with Crippen LogP contribution in [0.2, 0.25) is 0 Å². The van der Waals surface area contributed by atoms with Gasteiger partial charge >= 0.3 is 0 Å². The lowest BCUT2D eigenvalue weighted by atomic mass is 10.2. The summed E-state index contributed by atoms with van der Waals surface area (Å²) in [6.45, 7) is 8.62. The van der Waals surface area contributed by atoms with E-state index in [-0.39, 0.29) is 30.4 Å². The van der Waals surface area contributed by atoms with Crippen molar-refractivity contribution in [3.05, 3.63) is 0 Å². The molecule has 0 saturated carbocycles. The van der Waals surface area contributed by atoms with Crippen molar-refractivity contribution in [1.82, 2.24) is 15.5 Å². The molecule has 18 heavy (non-hydrogen) atoms. The molecular formula is C13H27N3O2. The van der Waals surface area contributed by atoms with E-state index >= 15 is 0 Å².